The van der Waals surface area contributed by atoms with E-state index in [9.17, 15) is 13.0 Å². The number of nitrogens with zero attached hydrogens (tertiary/aromatic N) is 2. The van der Waals surface area contributed by atoms with Crippen molar-refractivity contribution in [2.45, 2.75) is 13.5 Å². The van der Waals surface area contributed by atoms with E-state index in [0.717, 1.165) is 13.7 Å². The minimum Gasteiger partial charge on any atom is -0.726 e. The quantitative estimate of drug-likeness (QED) is 0.400. The first-order valence-electron chi connectivity index (χ1n) is 8.08. The fourth-order valence-corrected chi connectivity index (χ4v) is 2.70. The average Bonchev–Trinajstić information content (AvgIpc) is 2.99. The van der Waals surface area contributed by atoms with Gasteiger partial charge in [0.2, 0.25) is 16.7 Å². The Kier molecular flexibility index (Phi) is 6.68. The highest BCUT2D eigenvalue weighted by atomic mass is 32.3. The highest BCUT2D eigenvalue weighted by molar-refractivity contribution is 7.80. The Bertz CT molecular complexity index is 936. The molecule has 0 fully saturated rings. The largest absolute Gasteiger partial charge is 0.726 e. The second kappa shape index (κ2) is 8.75. The van der Waals surface area contributed by atoms with Gasteiger partial charge >= 0.3 is 0 Å². The zero-order valence-corrected chi connectivity index (χ0v) is 15.8. The van der Waals surface area contributed by atoms with Gasteiger partial charge in [0.1, 0.15) is 0 Å². The van der Waals surface area contributed by atoms with Crippen molar-refractivity contribution in [1.29, 1.82) is 0 Å². The van der Waals surface area contributed by atoms with Crippen molar-refractivity contribution in [2.75, 3.05) is 7.11 Å². The van der Waals surface area contributed by atoms with Gasteiger partial charge in [-0.15, -0.1) is 0 Å². The first kappa shape index (κ1) is 19.8. The van der Waals surface area contributed by atoms with E-state index in [-0.39, 0.29) is 0 Å². The summed E-state index contributed by atoms with van der Waals surface area (Å²) >= 11 is 0. The zero-order valence-electron chi connectivity index (χ0n) is 15.0. The summed E-state index contributed by atoms with van der Waals surface area (Å²) in [4.78, 5) is 0. The van der Waals surface area contributed by atoms with Crippen LogP contribution in [0.4, 0.5) is 0 Å². The van der Waals surface area contributed by atoms with Gasteiger partial charge in [0, 0.05) is 11.1 Å². The molecule has 3 aromatic rings. The summed E-state index contributed by atoms with van der Waals surface area (Å²) in [7, 11) is -1.49. The summed E-state index contributed by atoms with van der Waals surface area (Å²) in [6, 6.07) is 21.2. The van der Waals surface area contributed by atoms with Crippen LogP contribution < -0.4 is 4.57 Å². The van der Waals surface area contributed by atoms with Crippen LogP contribution in [0.2, 0.25) is 0 Å². The zero-order chi connectivity index (χ0) is 19.2. The van der Waals surface area contributed by atoms with Crippen LogP contribution in [-0.2, 0) is 28.2 Å². The summed E-state index contributed by atoms with van der Waals surface area (Å²) in [6.45, 7) is 3.14. The molecule has 0 atom stereocenters. The molecular formula is C19H22N2O4S. The Balaban J connectivity index is 0.000000352. The van der Waals surface area contributed by atoms with Crippen LogP contribution in [0.1, 0.15) is 6.92 Å². The molecule has 0 bridgehead atoms. The molecule has 0 N–H and O–H groups in total. The van der Waals surface area contributed by atoms with Crippen LogP contribution in [0.3, 0.4) is 0 Å². The van der Waals surface area contributed by atoms with Crippen molar-refractivity contribution < 1.29 is 21.7 Å². The van der Waals surface area contributed by atoms with Crippen LogP contribution in [0.5, 0.6) is 0 Å². The topological polar surface area (TPSA) is 75.2 Å². The van der Waals surface area contributed by atoms with Crippen molar-refractivity contribution in [2.24, 2.45) is 7.05 Å². The lowest BCUT2D eigenvalue weighted by Gasteiger charge is -2.03. The van der Waals surface area contributed by atoms with E-state index in [4.69, 9.17) is 0 Å². The second-order valence-corrected chi connectivity index (χ2v) is 6.67. The predicted octanol–water partition coefficient (Wildman–Crippen LogP) is 2.76. The highest BCUT2D eigenvalue weighted by Crippen LogP contribution is 2.29. The molecule has 0 aliphatic rings. The van der Waals surface area contributed by atoms with Crippen LogP contribution in [-0.4, -0.2) is 24.6 Å². The smallest absolute Gasteiger partial charge is 0.244 e. The maximum atomic E-state index is 9.22. The van der Waals surface area contributed by atoms with E-state index in [1.54, 1.807) is 0 Å². The van der Waals surface area contributed by atoms with E-state index in [1.165, 1.54) is 22.5 Å². The van der Waals surface area contributed by atoms with E-state index in [0.29, 0.717) is 0 Å². The third kappa shape index (κ3) is 5.01. The molecular weight excluding hydrogens is 352 g/mol. The monoisotopic (exact) mass is 374 g/mol. The van der Waals surface area contributed by atoms with Gasteiger partial charge in [-0.2, -0.15) is 0 Å². The van der Waals surface area contributed by atoms with Crippen LogP contribution in [0.25, 0.3) is 22.5 Å². The normalized spacial score (nSPS) is 10.9. The average molecular weight is 374 g/mol. The van der Waals surface area contributed by atoms with Gasteiger partial charge in [-0.25, -0.2) is 17.6 Å². The lowest BCUT2D eigenvalue weighted by atomic mass is 10.0. The van der Waals surface area contributed by atoms with Crippen molar-refractivity contribution in [3.63, 3.8) is 0 Å². The molecule has 138 valence electrons. The van der Waals surface area contributed by atoms with Gasteiger partial charge in [-0.3, -0.25) is 4.18 Å². The number of benzene rings is 2. The van der Waals surface area contributed by atoms with E-state index < -0.39 is 10.4 Å². The number of hydrogen-bond acceptors (Lipinski definition) is 4. The van der Waals surface area contributed by atoms with Crippen LogP contribution in [0.15, 0.2) is 67.0 Å². The minimum absolute atomic E-state index is 0.808. The molecule has 0 saturated carbocycles. The molecule has 6 nitrogen and oxygen atoms in total. The summed E-state index contributed by atoms with van der Waals surface area (Å²) < 4.78 is 35.5. The fourth-order valence-electron chi connectivity index (χ4n) is 2.70. The molecule has 3 rings (SSSR count). The maximum absolute atomic E-state index is 9.22. The Morgan fingerprint density at radius 2 is 1.46 bits per heavy atom. The SMILES string of the molecule is CCn1c[n+](C)c(-c2ccccc2)c1-c1ccccc1.COS(=O)(=O)[O-]. The standard InChI is InChI=1S/C18H19N2.CH4O4S/c1-3-20-14-19(2)17(15-10-6-4-7-11-15)18(20)16-12-8-5-9-13-16;1-5-6(2,3)4/h4-14H,3H2,1-2H3;1H3,(H,2,3,4)/q+1;/p-1. The van der Waals surface area contributed by atoms with E-state index in [1.807, 2.05) is 0 Å². The van der Waals surface area contributed by atoms with Gasteiger partial charge in [-0.05, 0) is 6.92 Å². The lowest BCUT2D eigenvalue weighted by Crippen LogP contribution is -2.27. The molecule has 0 unspecified atom stereocenters. The predicted molar refractivity (Wildman–Crippen MR) is 98.9 cm³/mol. The van der Waals surface area contributed by atoms with Gasteiger partial charge in [0.05, 0.1) is 20.7 Å². The molecule has 0 aliphatic carbocycles. The Morgan fingerprint density at radius 3 is 1.88 bits per heavy atom. The number of aromatic nitrogens is 2. The van der Waals surface area contributed by atoms with Gasteiger partial charge in [0.15, 0.2) is 11.4 Å². The summed E-state index contributed by atoms with van der Waals surface area (Å²) in [5.74, 6) is 0. The fraction of sp³-hybridized carbons (Fsp3) is 0.211. The Morgan fingerprint density at radius 1 is 1.00 bits per heavy atom. The maximum Gasteiger partial charge on any atom is 0.244 e. The molecule has 0 spiro atoms. The number of rotatable bonds is 4. The van der Waals surface area contributed by atoms with Crippen molar-refractivity contribution in [3.8, 4) is 22.5 Å². The molecule has 0 saturated heterocycles. The molecule has 1 aromatic heterocycles. The van der Waals surface area contributed by atoms with Gasteiger partial charge in [0.25, 0.3) is 0 Å². The van der Waals surface area contributed by atoms with Gasteiger partial charge < -0.3 is 4.55 Å². The first-order chi connectivity index (χ1) is 12.4. The molecule has 1 heterocycles. The highest BCUT2D eigenvalue weighted by Gasteiger charge is 2.23. The van der Waals surface area contributed by atoms with Gasteiger partial charge in [-0.1, -0.05) is 60.7 Å². The van der Waals surface area contributed by atoms with E-state index in [2.05, 4.69) is 94.3 Å². The lowest BCUT2D eigenvalue weighted by molar-refractivity contribution is -0.660. The molecule has 2 aromatic carbocycles. The van der Waals surface area contributed by atoms with E-state index >= 15 is 0 Å². The Hall–Kier alpha value is -2.48. The molecule has 0 radical (unpaired) electrons. The second-order valence-electron chi connectivity index (χ2n) is 5.52. The van der Waals surface area contributed by atoms with Crippen molar-refractivity contribution in [3.05, 3.63) is 67.0 Å². The third-order valence-electron chi connectivity index (χ3n) is 3.82. The summed E-state index contributed by atoms with van der Waals surface area (Å²) in [5.41, 5.74) is 5.05. The number of aryl methyl sites for hydroxylation is 2. The molecule has 0 aliphatic heterocycles. The third-order valence-corrected chi connectivity index (χ3v) is 4.22. The number of imidazole rings is 1. The molecule has 26 heavy (non-hydrogen) atoms. The Labute approximate surface area is 154 Å². The first-order valence-corrected chi connectivity index (χ1v) is 9.41. The van der Waals surface area contributed by atoms with Crippen LogP contribution in [0, 0.1) is 0 Å². The summed E-state index contributed by atoms with van der Waals surface area (Å²) in [6.07, 6.45) is 2.17. The molecule has 0 amide bonds. The van der Waals surface area contributed by atoms with Crippen molar-refractivity contribution >= 4 is 10.4 Å². The van der Waals surface area contributed by atoms with Crippen LogP contribution >= 0.6 is 0 Å². The minimum atomic E-state index is -4.41. The molecule has 7 heteroatoms. The van der Waals surface area contributed by atoms with Crippen molar-refractivity contribution in [1.82, 2.24) is 4.57 Å². The number of hydrogen-bond donors (Lipinski definition) is 0. The summed E-state index contributed by atoms with van der Waals surface area (Å²) in [5, 5.41) is 0.